The first-order chi connectivity index (χ1) is 9.72. The minimum atomic E-state index is 0.612. The van der Waals surface area contributed by atoms with E-state index in [1.807, 2.05) is 6.07 Å². The Kier molecular flexibility index (Phi) is 6.18. The maximum Gasteiger partial charge on any atom is 0.0429 e. The smallest absolute Gasteiger partial charge is 0.0429 e. The van der Waals surface area contributed by atoms with Gasteiger partial charge in [0.15, 0.2) is 0 Å². The van der Waals surface area contributed by atoms with E-state index in [0.29, 0.717) is 6.04 Å². The molecule has 0 saturated carbocycles. The van der Waals surface area contributed by atoms with Crippen molar-refractivity contribution in [2.24, 2.45) is 0 Å². The normalized spacial score (nSPS) is 19.9. The van der Waals surface area contributed by atoms with E-state index in [9.17, 15) is 0 Å². The van der Waals surface area contributed by atoms with E-state index in [0.717, 1.165) is 24.7 Å². The number of rotatable bonds is 5. The first-order valence-corrected chi connectivity index (χ1v) is 8.36. The Hall–Kier alpha value is -0.730. The van der Waals surface area contributed by atoms with Gasteiger partial charge in [-0.1, -0.05) is 37.4 Å². The van der Waals surface area contributed by atoms with Gasteiger partial charge in [0.05, 0.1) is 0 Å². The molecule has 1 saturated heterocycles. The number of hydrogen-bond donors (Lipinski definition) is 1. The second-order valence-electron chi connectivity index (χ2n) is 5.84. The molecule has 0 aromatic heterocycles. The molecule has 0 bridgehead atoms. The van der Waals surface area contributed by atoms with Crippen LogP contribution < -0.4 is 10.2 Å². The van der Waals surface area contributed by atoms with E-state index >= 15 is 0 Å². The van der Waals surface area contributed by atoms with Crippen molar-refractivity contribution in [3.8, 4) is 0 Å². The zero-order valence-electron chi connectivity index (χ0n) is 12.8. The molecule has 2 rings (SSSR count). The molecule has 1 heterocycles. The molecule has 0 aliphatic carbocycles. The summed E-state index contributed by atoms with van der Waals surface area (Å²) in [6.07, 6.45) is 6.45. The second-order valence-corrected chi connectivity index (χ2v) is 6.28. The van der Waals surface area contributed by atoms with Crippen LogP contribution in [0.15, 0.2) is 18.2 Å². The molecule has 1 aromatic carbocycles. The molecular weight excluding hydrogens is 268 g/mol. The molecule has 0 spiro atoms. The molecule has 20 heavy (non-hydrogen) atoms. The van der Waals surface area contributed by atoms with Gasteiger partial charge in [-0.15, -0.1) is 0 Å². The maximum absolute atomic E-state index is 6.24. The van der Waals surface area contributed by atoms with Crippen LogP contribution in [0.25, 0.3) is 0 Å². The van der Waals surface area contributed by atoms with E-state index in [1.54, 1.807) is 0 Å². The van der Waals surface area contributed by atoms with Gasteiger partial charge < -0.3 is 10.2 Å². The van der Waals surface area contributed by atoms with Crippen LogP contribution in [0.4, 0.5) is 5.69 Å². The molecular formula is C17H27ClN2. The highest BCUT2D eigenvalue weighted by Crippen LogP contribution is 2.30. The standard InChI is InChI=1S/C17H27ClN2/c1-3-10-19-13-15-8-9-16(18)12-17(15)20-11-6-4-5-7-14(20)2/h8-9,12,14,19H,3-7,10-11,13H2,1-2H3. The van der Waals surface area contributed by atoms with Crippen molar-refractivity contribution in [1.29, 1.82) is 0 Å². The summed E-state index contributed by atoms with van der Waals surface area (Å²) in [5.41, 5.74) is 2.70. The van der Waals surface area contributed by atoms with Crippen LogP contribution in [-0.2, 0) is 6.54 Å². The summed E-state index contributed by atoms with van der Waals surface area (Å²) in [6, 6.07) is 6.95. The Morgan fingerprint density at radius 2 is 2.15 bits per heavy atom. The first kappa shape index (κ1) is 15.7. The topological polar surface area (TPSA) is 15.3 Å². The van der Waals surface area contributed by atoms with Crippen LogP contribution in [0.1, 0.15) is 51.5 Å². The molecule has 0 amide bonds. The predicted molar refractivity (Wildman–Crippen MR) is 88.7 cm³/mol. The molecule has 1 atom stereocenters. The van der Waals surface area contributed by atoms with Crippen molar-refractivity contribution >= 4 is 17.3 Å². The fraction of sp³-hybridized carbons (Fsp3) is 0.647. The zero-order chi connectivity index (χ0) is 14.4. The van der Waals surface area contributed by atoms with Crippen molar-refractivity contribution in [1.82, 2.24) is 5.32 Å². The van der Waals surface area contributed by atoms with Gasteiger partial charge in [0.25, 0.3) is 0 Å². The highest BCUT2D eigenvalue weighted by molar-refractivity contribution is 6.30. The number of hydrogen-bond acceptors (Lipinski definition) is 2. The van der Waals surface area contributed by atoms with Crippen LogP contribution in [0.3, 0.4) is 0 Å². The van der Waals surface area contributed by atoms with E-state index in [1.165, 1.54) is 43.4 Å². The van der Waals surface area contributed by atoms with E-state index in [-0.39, 0.29) is 0 Å². The summed E-state index contributed by atoms with van der Waals surface area (Å²) in [5, 5.41) is 4.35. The summed E-state index contributed by atoms with van der Waals surface area (Å²) < 4.78 is 0. The average Bonchev–Trinajstić information content (AvgIpc) is 2.65. The summed E-state index contributed by atoms with van der Waals surface area (Å²) >= 11 is 6.24. The van der Waals surface area contributed by atoms with Gasteiger partial charge in [-0.25, -0.2) is 0 Å². The number of benzene rings is 1. The monoisotopic (exact) mass is 294 g/mol. The summed E-state index contributed by atoms with van der Waals surface area (Å²) in [4.78, 5) is 2.56. The molecule has 1 aromatic rings. The molecule has 1 aliphatic rings. The molecule has 3 heteroatoms. The molecule has 1 aliphatic heterocycles. The summed E-state index contributed by atoms with van der Waals surface area (Å²) in [7, 11) is 0. The minimum absolute atomic E-state index is 0.612. The fourth-order valence-electron chi connectivity index (χ4n) is 2.99. The summed E-state index contributed by atoms with van der Waals surface area (Å²) in [6.45, 7) is 7.70. The zero-order valence-corrected chi connectivity index (χ0v) is 13.5. The van der Waals surface area contributed by atoms with Gasteiger partial charge in [-0.3, -0.25) is 0 Å². The largest absolute Gasteiger partial charge is 0.369 e. The molecule has 112 valence electrons. The van der Waals surface area contributed by atoms with E-state index in [4.69, 9.17) is 11.6 Å². The van der Waals surface area contributed by atoms with Crippen molar-refractivity contribution in [2.45, 2.75) is 58.5 Å². The molecule has 1 fully saturated rings. The SMILES string of the molecule is CCCNCc1ccc(Cl)cc1N1CCCCCC1C. The quantitative estimate of drug-likeness (QED) is 0.798. The Bertz CT molecular complexity index is 419. The lowest BCUT2D eigenvalue weighted by Gasteiger charge is -2.31. The lowest BCUT2D eigenvalue weighted by atomic mass is 10.1. The molecule has 1 unspecified atom stereocenters. The Morgan fingerprint density at radius 1 is 1.30 bits per heavy atom. The average molecular weight is 295 g/mol. The third-order valence-electron chi connectivity index (χ3n) is 4.15. The van der Waals surface area contributed by atoms with Crippen molar-refractivity contribution in [3.63, 3.8) is 0 Å². The third-order valence-corrected chi connectivity index (χ3v) is 4.39. The molecule has 0 radical (unpaired) electrons. The Balaban J connectivity index is 2.20. The predicted octanol–water partition coefficient (Wildman–Crippen LogP) is 4.61. The molecule has 1 N–H and O–H groups in total. The van der Waals surface area contributed by atoms with Gasteiger partial charge in [-0.05, 0) is 50.4 Å². The van der Waals surface area contributed by atoms with Crippen LogP contribution in [0.2, 0.25) is 5.02 Å². The van der Waals surface area contributed by atoms with Crippen LogP contribution >= 0.6 is 11.6 Å². The van der Waals surface area contributed by atoms with Gasteiger partial charge >= 0.3 is 0 Å². The van der Waals surface area contributed by atoms with Crippen molar-refractivity contribution in [2.75, 3.05) is 18.0 Å². The van der Waals surface area contributed by atoms with Gasteiger partial charge in [0, 0.05) is 29.8 Å². The highest BCUT2D eigenvalue weighted by atomic mass is 35.5. The molecule has 2 nitrogen and oxygen atoms in total. The Labute approximate surface area is 128 Å². The van der Waals surface area contributed by atoms with Gasteiger partial charge in [0.2, 0.25) is 0 Å². The Morgan fingerprint density at radius 3 is 2.95 bits per heavy atom. The number of nitrogens with one attached hydrogen (secondary N) is 1. The maximum atomic E-state index is 6.24. The van der Waals surface area contributed by atoms with Crippen LogP contribution in [0.5, 0.6) is 0 Å². The van der Waals surface area contributed by atoms with Crippen molar-refractivity contribution < 1.29 is 0 Å². The number of halogens is 1. The highest BCUT2D eigenvalue weighted by Gasteiger charge is 2.19. The fourth-order valence-corrected chi connectivity index (χ4v) is 3.15. The van der Waals surface area contributed by atoms with Crippen molar-refractivity contribution in [3.05, 3.63) is 28.8 Å². The van der Waals surface area contributed by atoms with E-state index < -0.39 is 0 Å². The lowest BCUT2D eigenvalue weighted by Crippen LogP contribution is -2.33. The third kappa shape index (κ3) is 4.13. The van der Waals surface area contributed by atoms with Gasteiger partial charge in [-0.2, -0.15) is 0 Å². The number of nitrogens with zero attached hydrogens (tertiary/aromatic N) is 1. The van der Waals surface area contributed by atoms with Gasteiger partial charge in [0.1, 0.15) is 0 Å². The second kappa shape index (κ2) is 7.90. The van der Waals surface area contributed by atoms with Crippen LogP contribution in [0, 0.1) is 0 Å². The lowest BCUT2D eigenvalue weighted by molar-refractivity contribution is 0.610. The number of anilines is 1. The van der Waals surface area contributed by atoms with Crippen LogP contribution in [-0.4, -0.2) is 19.1 Å². The minimum Gasteiger partial charge on any atom is -0.369 e. The summed E-state index contributed by atoms with van der Waals surface area (Å²) in [5.74, 6) is 0. The first-order valence-electron chi connectivity index (χ1n) is 7.98. The van der Waals surface area contributed by atoms with E-state index in [2.05, 4.69) is 36.2 Å².